The number of amides is 1. The second kappa shape index (κ2) is 8.07. The van der Waals surface area contributed by atoms with Crippen molar-refractivity contribution in [2.75, 3.05) is 26.2 Å². The molecular formula is C17H29N5O2. The summed E-state index contributed by atoms with van der Waals surface area (Å²) in [6.45, 7) is 4.85. The van der Waals surface area contributed by atoms with Crippen LogP contribution in [0.25, 0.3) is 0 Å². The van der Waals surface area contributed by atoms with Gasteiger partial charge in [-0.25, -0.2) is 0 Å². The Balaban J connectivity index is 1.50. The standard InChI is InChI=1S/C17H29N5O2/c1-13(17(23)18-10-14-6-4-3-5-7-14)22-8-9-24-15(11-22)16-20-19-12-21(16)2/h12-15H,3-11H2,1-2H3,(H,18,23)/t13-,15+/m0/s1. The van der Waals surface area contributed by atoms with Crippen LogP contribution in [0.5, 0.6) is 0 Å². The highest BCUT2D eigenvalue weighted by molar-refractivity contribution is 5.81. The van der Waals surface area contributed by atoms with Crippen LogP contribution in [-0.2, 0) is 16.6 Å². The van der Waals surface area contributed by atoms with Gasteiger partial charge in [0, 0.05) is 26.7 Å². The van der Waals surface area contributed by atoms with Crippen molar-refractivity contribution in [3.05, 3.63) is 12.2 Å². The highest BCUT2D eigenvalue weighted by atomic mass is 16.5. The number of ether oxygens (including phenoxy) is 1. The SMILES string of the molecule is C[C@@H](C(=O)NCC1CCCCC1)N1CCO[C@@H](c2nncn2C)C1. The quantitative estimate of drug-likeness (QED) is 0.877. The third-order valence-corrected chi connectivity index (χ3v) is 5.35. The monoisotopic (exact) mass is 335 g/mol. The molecule has 7 heteroatoms. The van der Waals surface area contributed by atoms with Gasteiger partial charge in [-0.15, -0.1) is 10.2 Å². The smallest absolute Gasteiger partial charge is 0.237 e. The van der Waals surface area contributed by atoms with Gasteiger partial charge in [0.1, 0.15) is 12.4 Å². The third-order valence-electron chi connectivity index (χ3n) is 5.35. The van der Waals surface area contributed by atoms with Crippen molar-refractivity contribution in [3.63, 3.8) is 0 Å². The lowest BCUT2D eigenvalue weighted by Gasteiger charge is -2.35. The van der Waals surface area contributed by atoms with Crippen LogP contribution in [0.4, 0.5) is 0 Å². The van der Waals surface area contributed by atoms with Crippen LogP contribution in [0.2, 0.25) is 0 Å². The van der Waals surface area contributed by atoms with E-state index in [1.165, 1.54) is 32.1 Å². The summed E-state index contributed by atoms with van der Waals surface area (Å²) < 4.78 is 7.70. The number of hydrogen-bond acceptors (Lipinski definition) is 5. The van der Waals surface area contributed by atoms with Gasteiger partial charge in [-0.1, -0.05) is 19.3 Å². The van der Waals surface area contributed by atoms with E-state index in [0.29, 0.717) is 19.1 Å². The minimum Gasteiger partial charge on any atom is -0.368 e. The highest BCUT2D eigenvalue weighted by Gasteiger charge is 2.31. The summed E-state index contributed by atoms with van der Waals surface area (Å²) >= 11 is 0. The first kappa shape index (κ1) is 17.4. The molecule has 2 heterocycles. The van der Waals surface area contributed by atoms with E-state index in [4.69, 9.17) is 4.74 Å². The first-order chi connectivity index (χ1) is 11.6. The minimum atomic E-state index is -0.145. The molecule has 0 spiro atoms. The van der Waals surface area contributed by atoms with Gasteiger partial charge in [0.15, 0.2) is 5.82 Å². The van der Waals surface area contributed by atoms with Crippen LogP contribution >= 0.6 is 0 Å². The number of rotatable bonds is 5. The van der Waals surface area contributed by atoms with Crippen molar-refractivity contribution < 1.29 is 9.53 Å². The molecule has 1 saturated carbocycles. The Labute approximate surface area is 143 Å². The second-order valence-electron chi connectivity index (χ2n) is 7.08. The van der Waals surface area contributed by atoms with E-state index in [1.54, 1.807) is 6.33 Å². The van der Waals surface area contributed by atoms with Crippen LogP contribution in [0.1, 0.15) is 51.0 Å². The van der Waals surface area contributed by atoms with Gasteiger partial charge in [0.25, 0.3) is 0 Å². The Morgan fingerprint density at radius 2 is 2.21 bits per heavy atom. The van der Waals surface area contributed by atoms with E-state index >= 15 is 0 Å². The average molecular weight is 335 g/mol. The molecule has 1 saturated heterocycles. The maximum absolute atomic E-state index is 12.5. The zero-order valence-electron chi connectivity index (χ0n) is 14.8. The number of aryl methyl sites for hydroxylation is 1. The van der Waals surface area contributed by atoms with Gasteiger partial charge >= 0.3 is 0 Å². The average Bonchev–Trinajstić information content (AvgIpc) is 3.06. The Kier molecular flexibility index (Phi) is 5.84. The molecule has 1 aromatic heterocycles. The van der Waals surface area contributed by atoms with Crippen LogP contribution in [0, 0.1) is 5.92 Å². The van der Waals surface area contributed by atoms with E-state index in [1.807, 2.05) is 18.5 Å². The molecule has 2 aliphatic rings. The predicted octanol–water partition coefficient (Wildman–Crippen LogP) is 1.27. The lowest BCUT2D eigenvalue weighted by atomic mass is 9.89. The summed E-state index contributed by atoms with van der Waals surface area (Å²) in [4.78, 5) is 14.7. The van der Waals surface area contributed by atoms with Crippen molar-refractivity contribution in [2.45, 2.75) is 51.2 Å². The van der Waals surface area contributed by atoms with Crippen molar-refractivity contribution >= 4 is 5.91 Å². The highest BCUT2D eigenvalue weighted by Crippen LogP contribution is 2.23. The van der Waals surface area contributed by atoms with Crippen molar-refractivity contribution in [2.24, 2.45) is 13.0 Å². The van der Waals surface area contributed by atoms with Crippen molar-refractivity contribution in [3.8, 4) is 0 Å². The largest absolute Gasteiger partial charge is 0.368 e. The Hall–Kier alpha value is -1.47. The number of carbonyl (C=O) groups excluding carboxylic acids is 1. The molecule has 0 bridgehead atoms. The van der Waals surface area contributed by atoms with Gasteiger partial charge in [0.05, 0.1) is 12.6 Å². The fourth-order valence-electron chi connectivity index (χ4n) is 3.71. The van der Waals surface area contributed by atoms with Gasteiger partial charge < -0.3 is 14.6 Å². The molecule has 2 fully saturated rings. The Bertz CT molecular complexity index is 541. The fourth-order valence-corrected chi connectivity index (χ4v) is 3.71. The molecule has 1 aliphatic carbocycles. The molecule has 0 aromatic carbocycles. The van der Waals surface area contributed by atoms with Crippen LogP contribution in [0.3, 0.4) is 0 Å². The Morgan fingerprint density at radius 1 is 1.42 bits per heavy atom. The summed E-state index contributed by atoms with van der Waals surface area (Å²) in [5, 5.41) is 11.2. The number of hydrogen-bond donors (Lipinski definition) is 1. The summed E-state index contributed by atoms with van der Waals surface area (Å²) in [6.07, 6.45) is 8.01. The molecule has 1 aromatic rings. The van der Waals surface area contributed by atoms with Crippen LogP contribution < -0.4 is 5.32 Å². The van der Waals surface area contributed by atoms with Crippen LogP contribution in [0.15, 0.2) is 6.33 Å². The predicted molar refractivity (Wildman–Crippen MR) is 90.3 cm³/mol. The number of carbonyl (C=O) groups is 1. The molecule has 0 radical (unpaired) electrons. The molecule has 134 valence electrons. The molecule has 0 unspecified atom stereocenters. The van der Waals surface area contributed by atoms with Gasteiger partial charge in [0.2, 0.25) is 5.91 Å². The minimum absolute atomic E-state index is 0.124. The van der Waals surface area contributed by atoms with E-state index in [2.05, 4.69) is 20.4 Å². The van der Waals surface area contributed by atoms with Crippen molar-refractivity contribution in [1.82, 2.24) is 25.0 Å². The summed E-state index contributed by atoms with van der Waals surface area (Å²) in [6, 6.07) is -0.145. The summed E-state index contributed by atoms with van der Waals surface area (Å²) in [5.41, 5.74) is 0. The van der Waals surface area contributed by atoms with E-state index in [0.717, 1.165) is 18.9 Å². The molecule has 24 heavy (non-hydrogen) atoms. The number of aromatic nitrogens is 3. The van der Waals surface area contributed by atoms with Gasteiger partial charge in [-0.05, 0) is 25.7 Å². The zero-order chi connectivity index (χ0) is 16.9. The molecule has 3 rings (SSSR count). The number of nitrogens with one attached hydrogen (secondary N) is 1. The second-order valence-corrected chi connectivity index (χ2v) is 7.08. The lowest BCUT2D eigenvalue weighted by Crippen LogP contribution is -2.51. The van der Waals surface area contributed by atoms with E-state index in [-0.39, 0.29) is 18.1 Å². The molecule has 1 amide bonds. The first-order valence-electron chi connectivity index (χ1n) is 9.12. The normalized spacial score (nSPS) is 24.7. The third kappa shape index (κ3) is 4.13. The maximum atomic E-state index is 12.5. The van der Waals surface area contributed by atoms with Crippen LogP contribution in [-0.4, -0.2) is 57.9 Å². The summed E-state index contributed by atoms with van der Waals surface area (Å²) in [7, 11) is 1.91. The van der Waals surface area contributed by atoms with Crippen molar-refractivity contribution in [1.29, 1.82) is 0 Å². The summed E-state index contributed by atoms with van der Waals surface area (Å²) in [5.74, 6) is 1.60. The zero-order valence-corrected chi connectivity index (χ0v) is 14.8. The molecule has 7 nitrogen and oxygen atoms in total. The molecular weight excluding hydrogens is 306 g/mol. The maximum Gasteiger partial charge on any atom is 0.237 e. The topological polar surface area (TPSA) is 72.3 Å². The lowest BCUT2D eigenvalue weighted by molar-refractivity contribution is -0.129. The van der Waals surface area contributed by atoms with Gasteiger partial charge in [-0.2, -0.15) is 0 Å². The number of morpholine rings is 1. The molecule has 1 aliphatic heterocycles. The van der Waals surface area contributed by atoms with E-state index in [9.17, 15) is 4.79 Å². The van der Waals surface area contributed by atoms with E-state index < -0.39 is 0 Å². The molecule has 1 N–H and O–H groups in total. The van der Waals surface area contributed by atoms with Gasteiger partial charge in [-0.3, -0.25) is 9.69 Å². The molecule has 2 atom stereocenters. The number of nitrogens with zero attached hydrogens (tertiary/aromatic N) is 4. The first-order valence-corrected chi connectivity index (χ1v) is 9.12. The fraction of sp³-hybridized carbons (Fsp3) is 0.824. The Morgan fingerprint density at radius 3 is 2.92 bits per heavy atom.